The van der Waals surface area contributed by atoms with Gasteiger partial charge in [0.1, 0.15) is 0 Å². The van der Waals surface area contributed by atoms with Crippen LogP contribution in [0, 0.1) is 0 Å². The standard InChI is InChI=1S/C14H11Br2ClN4/c15-8-4-11(16)13(19-6-8)12-7-20-14(18)21(12)10-3-1-2-9(17)5-10/h1-6,12H,7H2,(H2,18,20). The summed E-state index contributed by atoms with van der Waals surface area (Å²) in [6.45, 7) is 0.561. The summed E-state index contributed by atoms with van der Waals surface area (Å²) in [4.78, 5) is 10.8. The van der Waals surface area contributed by atoms with Crippen LogP contribution in [0.2, 0.25) is 5.02 Å². The Bertz CT molecular complexity index is 720. The number of hydrogen-bond donors (Lipinski definition) is 1. The SMILES string of the molecule is NC1=NCC(c2ncc(Br)cc2Br)N1c1cccc(Cl)c1. The van der Waals surface area contributed by atoms with Crippen molar-refractivity contribution in [2.24, 2.45) is 10.7 Å². The normalized spacial score (nSPS) is 18.0. The highest BCUT2D eigenvalue weighted by atomic mass is 79.9. The zero-order chi connectivity index (χ0) is 15.0. The Morgan fingerprint density at radius 2 is 2.10 bits per heavy atom. The second-order valence-corrected chi connectivity index (χ2v) is 6.79. The van der Waals surface area contributed by atoms with Crippen molar-refractivity contribution in [3.05, 3.63) is 56.2 Å². The molecule has 1 aliphatic rings. The molecule has 2 N–H and O–H groups in total. The van der Waals surface area contributed by atoms with Gasteiger partial charge < -0.3 is 10.6 Å². The van der Waals surface area contributed by atoms with Crippen LogP contribution in [0.1, 0.15) is 11.7 Å². The summed E-state index contributed by atoms with van der Waals surface area (Å²) in [5.74, 6) is 0.471. The monoisotopic (exact) mass is 428 g/mol. The van der Waals surface area contributed by atoms with Crippen molar-refractivity contribution in [1.29, 1.82) is 0 Å². The van der Waals surface area contributed by atoms with Gasteiger partial charge in [0.2, 0.25) is 0 Å². The topological polar surface area (TPSA) is 54.5 Å². The van der Waals surface area contributed by atoms with E-state index in [1.165, 1.54) is 0 Å². The Kier molecular flexibility index (Phi) is 4.19. The van der Waals surface area contributed by atoms with Crippen molar-refractivity contribution >= 4 is 55.1 Å². The molecule has 2 aromatic rings. The molecule has 3 rings (SSSR count). The highest BCUT2D eigenvalue weighted by molar-refractivity contribution is 9.11. The van der Waals surface area contributed by atoms with Crippen LogP contribution in [-0.4, -0.2) is 17.5 Å². The van der Waals surface area contributed by atoms with Crippen molar-refractivity contribution in [3.8, 4) is 0 Å². The van der Waals surface area contributed by atoms with Crippen molar-refractivity contribution in [1.82, 2.24) is 4.98 Å². The number of anilines is 1. The predicted octanol–water partition coefficient (Wildman–Crippen LogP) is 4.14. The molecule has 2 heterocycles. The van der Waals surface area contributed by atoms with E-state index in [4.69, 9.17) is 17.3 Å². The van der Waals surface area contributed by atoms with Gasteiger partial charge in [-0.15, -0.1) is 0 Å². The third-order valence-corrected chi connectivity index (χ3v) is 4.53. The molecular formula is C14H11Br2ClN4. The number of benzene rings is 1. The molecule has 4 nitrogen and oxygen atoms in total. The number of nitrogens with two attached hydrogens (primary N) is 1. The Morgan fingerprint density at radius 1 is 1.29 bits per heavy atom. The van der Waals surface area contributed by atoms with Gasteiger partial charge in [-0.05, 0) is 56.1 Å². The molecule has 0 fully saturated rings. The second kappa shape index (κ2) is 5.94. The first-order valence-corrected chi connectivity index (χ1v) is 8.18. The number of hydrogen-bond acceptors (Lipinski definition) is 4. The number of guanidine groups is 1. The first kappa shape index (κ1) is 14.8. The molecule has 7 heteroatoms. The zero-order valence-corrected chi connectivity index (χ0v) is 14.7. The van der Waals surface area contributed by atoms with E-state index in [1.807, 2.05) is 35.2 Å². The van der Waals surface area contributed by atoms with Crippen LogP contribution in [0.25, 0.3) is 0 Å². The molecule has 0 spiro atoms. The third kappa shape index (κ3) is 2.93. The highest BCUT2D eigenvalue weighted by Crippen LogP contribution is 2.35. The summed E-state index contributed by atoms with van der Waals surface area (Å²) in [5.41, 5.74) is 7.85. The van der Waals surface area contributed by atoms with Crippen LogP contribution in [-0.2, 0) is 0 Å². The molecule has 0 aliphatic carbocycles. The van der Waals surface area contributed by atoms with Gasteiger partial charge in [-0.2, -0.15) is 0 Å². The summed E-state index contributed by atoms with van der Waals surface area (Å²) in [6.07, 6.45) is 1.77. The smallest absolute Gasteiger partial charge is 0.196 e. The zero-order valence-electron chi connectivity index (χ0n) is 10.8. The van der Waals surface area contributed by atoms with E-state index in [-0.39, 0.29) is 6.04 Å². The van der Waals surface area contributed by atoms with Gasteiger partial charge in [-0.1, -0.05) is 17.7 Å². The molecule has 0 radical (unpaired) electrons. The fourth-order valence-corrected chi connectivity index (χ4v) is 3.75. The molecule has 1 unspecified atom stereocenters. The molecule has 0 amide bonds. The quantitative estimate of drug-likeness (QED) is 0.779. The van der Waals surface area contributed by atoms with E-state index >= 15 is 0 Å². The fourth-order valence-electron chi connectivity index (χ4n) is 2.31. The molecule has 1 atom stereocenters. The number of pyridine rings is 1. The summed E-state index contributed by atoms with van der Waals surface area (Å²) >= 11 is 13.0. The molecule has 0 saturated heterocycles. The van der Waals surface area contributed by atoms with Gasteiger partial charge >= 0.3 is 0 Å². The fraction of sp³-hybridized carbons (Fsp3) is 0.143. The van der Waals surface area contributed by atoms with E-state index in [2.05, 4.69) is 41.8 Å². The van der Waals surface area contributed by atoms with Crippen LogP contribution in [0.5, 0.6) is 0 Å². The van der Waals surface area contributed by atoms with Crippen LogP contribution in [0.4, 0.5) is 5.69 Å². The summed E-state index contributed by atoms with van der Waals surface area (Å²) in [6, 6.07) is 9.47. The molecule has 108 valence electrons. The highest BCUT2D eigenvalue weighted by Gasteiger charge is 2.31. The van der Waals surface area contributed by atoms with Gasteiger partial charge in [0, 0.05) is 25.9 Å². The molecule has 1 aromatic heterocycles. The number of aliphatic imine (C=N–C) groups is 1. The first-order chi connectivity index (χ1) is 10.1. The van der Waals surface area contributed by atoms with E-state index in [9.17, 15) is 0 Å². The number of rotatable bonds is 2. The van der Waals surface area contributed by atoms with E-state index in [0.29, 0.717) is 17.5 Å². The van der Waals surface area contributed by atoms with Gasteiger partial charge in [-0.25, -0.2) is 0 Å². The maximum atomic E-state index is 6.08. The third-order valence-electron chi connectivity index (χ3n) is 3.22. The predicted molar refractivity (Wildman–Crippen MR) is 92.8 cm³/mol. The van der Waals surface area contributed by atoms with Crippen LogP contribution in [0.15, 0.2) is 50.5 Å². The van der Waals surface area contributed by atoms with Gasteiger partial charge in [-0.3, -0.25) is 9.98 Å². The lowest BCUT2D eigenvalue weighted by molar-refractivity contribution is 0.734. The minimum absolute atomic E-state index is 0.0501. The molecule has 0 saturated carbocycles. The first-order valence-electron chi connectivity index (χ1n) is 6.22. The van der Waals surface area contributed by atoms with E-state index < -0.39 is 0 Å². The van der Waals surface area contributed by atoms with Crippen LogP contribution < -0.4 is 10.6 Å². The molecule has 1 aliphatic heterocycles. The molecule has 21 heavy (non-hydrogen) atoms. The Balaban J connectivity index is 2.03. The number of nitrogens with zero attached hydrogens (tertiary/aromatic N) is 3. The minimum atomic E-state index is -0.0501. The largest absolute Gasteiger partial charge is 0.369 e. The lowest BCUT2D eigenvalue weighted by Crippen LogP contribution is -2.36. The van der Waals surface area contributed by atoms with Crippen molar-refractivity contribution in [3.63, 3.8) is 0 Å². The number of aromatic nitrogens is 1. The average molecular weight is 431 g/mol. The Hall–Kier alpha value is -1.11. The molecule has 0 bridgehead atoms. The van der Waals surface area contributed by atoms with Crippen molar-refractivity contribution in [2.45, 2.75) is 6.04 Å². The van der Waals surface area contributed by atoms with Gasteiger partial charge in [0.15, 0.2) is 5.96 Å². The maximum absolute atomic E-state index is 6.08. The average Bonchev–Trinajstić information content (AvgIpc) is 2.80. The Labute approximate surface area is 144 Å². The van der Waals surface area contributed by atoms with Crippen molar-refractivity contribution in [2.75, 3.05) is 11.4 Å². The van der Waals surface area contributed by atoms with Gasteiger partial charge in [0.05, 0.1) is 18.3 Å². The maximum Gasteiger partial charge on any atom is 0.196 e. The molecular weight excluding hydrogens is 419 g/mol. The van der Waals surface area contributed by atoms with Gasteiger partial charge in [0.25, 0.3) is 0 Å². The molecule has 1 aromatic carbocycles. The number of halogens is 3. The van der Waals surface area contributed by atoms with E-state index in [1.54, 1.807) is 6.20 Å². The summed E-state index contributed by atoms with van der Waals surface area (Å²) in [7, 11) is 0. The van der Waals surface area contributed by atoms with E-state index in [0.717, 1.165) is 20.3 Å². The van der Waals surface area contributed by atoms with Crippen LogP contribution >= 0.6 is 43.5 Å². The lowest BCUT2D eigenvalue weighted by Gasteiger charge is -2.26. The summed E-state index contributed by atoms with van der Waals surface area (Å²) in [5, 5.41) is 0.661. The summed E-state index contributed by atoms with van der Waals surface area (Å²) < 4.78 is 1.83. The van der Waals surface area contributed by atoms with Crippen LogP contribution in [0.3, 0.4) is 0 Å². The Morgan fingerprint density at radius 3 is 2.81 bits per heavy atom. The minimum Gasteiger partial charge on any atom is -0.369 e. The lowest BCUT2D eigenvalue weighted by atomic mass is 10.1. The van der Waals surface area contributed by atoms with Crippen molar-refractivity contribution < 1.29 is 0 Å². The second-order valence-electron chi connectivity index (χ2n) is 4.59.